The van der Waals surface area contributed by atoms with Gasteiger partial charge in [0.05, 0.1) is 13.7 Å². The summed E-state index contributed by atoms with van der Waals surface area (Å²) in [4.78, 5) is 26.2. The maximum absolute atomic E-state index is 13.3. The Hall–Kier alpha value is -3.19. The van der Waals surface area contributed by atoms with Gasteiger partial charge < -0.3 is 14.8 Å². The minimum absolute atomic E-state index is 0.197. The van der Waals surface area contributed by atoms with Crippen molar-refractivity contribution in [1.82, 2.24) is 0 Å². The molecular formula is C22H20FNO4S. The predicted molar refractivity (Wildman–Crippen MR) is 111 cm³/mol. The van der Waals surface area contributed by atoms with Gasteiger partial charge >= 0.3 is 5.97 Å². The first-order valence-corrected chi connectivity index (χ1v) is 9.78. The molecule has 3 rings (SSSR count). The summed E-state index contributed by atoms with van der Waals surface area (Å²) in [5.74, 6) is -0.627. The molecule has 3 aromatic rings. The Labute approximate surface area is 172 Å². The Morgan fingerprint density at radius 3 is 2.31 bits per heavy atom. The van der Waals surface area contributed by atoms with Crippen LogP contribution in [0.1, 0.15) is 32.5 Å². The third-order valence-corrected chi connectivity index (χ3v) is 5.30. The van der Waals surface area contributed by atoms with Crippen molar-refractivity contribution >= 4 is 28.2 Å². The summed E-state index contributed by atoms with van der Waals surface area (Å²) in [7, 11) is 1.55. The number of carbonyl (C=O) groups is 2. The van der Waals surface area contributed by atoms with Gasteiger partial charge in [-0.25, -0.2) is 9.18 Å². The molecule has 0 bridgehead atoms. The third kappa shape index (κ3) is 4.46. The molecule has 0 unspecified atom stereocenters. The Morgan fingerprint density at radius 2 is 1.72 bits per heavy atom. The highest BCUT2D eigenvalue weighted by Gasteiger charge is 2.25. The van der Waals surface area contributed by atoms with E-state index in [2.05, 4.69) is 5.32 Å². The lowest BCUT2D eigenvalue weighted by molar-refractivity contribution is 0.0529. The molecule has 150 valence electrons. The molecule has 0 saturated heterocycles. The molecule has 1 heterocycles. The van der Waals surface area contributed by atoms with Crippen LogP contribution in [0.4, 0.5) is 9.39 Å². The van der Waals surface area contributed by atoms with Crippen LogP contribution < -0.4 is 10.1 Å². The van der Waals surface area contributed by atoms with Gasteiger partial charge in [0.15, 0.2) is 0 Å². The van der Waals surface area contributed by atoms with E-state index in [9.17, 15) is 14.0 Å². The number of aryl methyl sites for hydroxylation is 1. The van der Waals surface area contributed by atoms with Gasteiger partial charge in [0.25, 0.3) is 5.91 Å². The van der Waals surface area contributed by atoms with Gasteiger partial charge in [0.1, 0.15) is 22.1 Å². The van der Waals surface area contributed by atoms with Crippen LogP contribution in [-0.4, -0.2) is 25.6 Å². The number of nitrogens with one attached hydrogen (secondary N) is 1. The van der Waals surface area contributed by atoms with Gasteiger partial charge in [-0.1, -0.05) is 12.1 Å². The van der Waals surface area contributed by atoms with E-state index in [0.717, 1.165) is 4.88 Å². The van der Waals surface area contributed by atoms with Crippen molar-refractivity contribution in [2.75, 3.05) is 19.0 Å². The molecule has 0 radical (unpaired) electrons. The van der Waals surface area contributed by atoms with Crippen molar-refractivity contribution in [3.63, 3.8) is 0 Å². The van der Waals surface area contributed by atoms with Gasteiger partial charge in [-0.3, -0.25) is 4.79 Å². The van der Waals surface area contributed by atoms with Crippen LogP contribution in [-0.2, 0) is 4.74 Å². The summed E-state index contributed by atoms with van der Waals surface area (Å²) in [5.41, 5.74) is 1.99. The Bertz CT molecular complexity index is 1030. The van der Waals surface area contributed by atoms with Crippen LogP contribution in [0.3, 0.4) is 0 Å². The highest BCUT2D eigenvalue weighted by molar-refractivity contribution is 7.17. The van der Waals surface area contributed by atoms with Gasteiger partial charge in [-0.2, -0.15) is 0 Å². The number of hydrogen-bond acceptors (Lipinski definition) is 5. The second kappa shape index (κ2) is 8.87. The normalized spacial score (nSPS) is 10.5. The summed E-state index contributed by atoms with van der Waals surface area (Å²) in [6.07, 6.45) is 0. The van der Waals surface area contributed by atoms with E-state index in [4.69, 9.17) is 9.47 Å². The molecule has 0 aliphatic rings. The lowest BCUT2D eigenvalue weighted by Gasteiger charge is -2.09. The highest BCUT2D eigenvalue weighted by Crippen LogP contribution is 2.40. The number of methoxy groups -OCH3 is 1. The monoisotopic (exact) mass is 413 g/mol. The molecule has 7 heteroatoms. The van der Waals surface area contributed by atoms with Gasteiger partial charge in [-0.15, -0.1) is 11.3 Å². The van der Waals surface area contributed by atoms with Crippen LogP contribution in [0.2, 0.25) is 0 Å². The number of amides is 1. The summed E-state index contributed by atoms with van der Waals surface area (Å²) in [6, 6.07) is 12.5. The Kier molecular flexibility index (Phi) is 6.29. The molecule has 1 amide bonds. The minimum atomic E-state index is -0.541. The molecule has 5 nitrogen and oxygen atoms in total. The molecule has 2 aromatic carbocycles. The zero-order chi connectivity index (χ0) is 21.0. The Morgan fingerprint density at radius 1 is 1.07 bits per heavy atom. The zero-order valence-corrected chi connectivity index (χ0v) is 17.1. The van der Waals surface area contributed by atoms with Crippen molar-refractivity contribution in [2.45, 2.75) is 13.8 Å². The van der Waals surface area contributed by atoms with Crippen molar-refractivity contribution in [1.29, 1.82) is 0 Å². The summed E-state index contributed by atoms with van der Waals surface area (Å²) in [6.45, 7) is 3.75. The van der Waals surface area contributed by atoms with Crippen molar-refractivity contribution in [3.8, 4) is 16.9 Å². The second-order valence-corrected chi connectivity index (χ2v) is 7.37. The molecule has 0 saturated carbocycles. The number of rotatable bonds is 6. The van der Waals surface area contributed by atoms with E-state index in [1.165, 1.54) is 23.5 Å². The minimum Gasteiger partial charge on any atom is -0.497 e. The second-order valence-electron chi connectivity index (χ2n) is 6.15. The molecule has 1 aromatic heterocycles. The molecule has 0 atom stereocenters. The SMILES string of the molecule is CCOC(=O)c1c(NC(=O)c2ccc(OC)cc2)sc(C)c1-c1ccc(F)cc1. The fourth-order valence-corrected chi connectivity index (χ4v) is 3.97. The van der Waals surface area contributed by atoms with Gasteiger partial charge in [0, 0.05) is 16.0 Å². The van der Waals surface area contributed by atoms with Crippen molar-refractivity contribution in [3.05, 3.63) is 70.4 Å². The fourth-order valence-electron chi connectivity index (χ4n) is 2.91. The first-order chi connectivity index (χ1) is 13.9. The molecule has 0 aliphatic heterocycles. The topological polar surface area (TPSA) is 64.6 Å². The number of benzene rings is 2. The number of anilines is 1. The van der Waals surface area contributed by atoms with Crippen LogP contribution in [0.15, 0.2) is 48.5 Å². The van der Waals surface area contributed by atoms with E-state index in [0.29, 0.717) is 27.4 Å². The van der Waals surface area contributed by atoms with E-state index in [1.54, 1.807) is 50.4 Å². The first kappa shape index (κ1) is 20.5. The maximum atomic E-state index is 13.3. The number of carbonyl (C=O) groups excluding carboxylic acids is 2. The predicted octanol–water partition coefficient (Wildman–Crippen LogP) is 5.30. The number of ether oxygens (including phenoxy) is 2. The molecule has 1 N–H and O–H groups in total. The maximum Gasteiger partial charge on any atom is 0.341 e. The number of esters is 1. The van der Waals surface area contributed by atoms with Gasteiger partial charge in [-0.05, 0) is 55.8 Å². The smallest absolute Gasteiger partial charge is 0.341 e. The van der Waals surface area contributed by atoms with E-state index < -0.39 is 5.97 Å². The lowest BCUT2D eigenvalue weighted by atomic mass is 10.0. The molecule has 0 aliphatic carbocycles. The molecule has 0 spiro atoms. The lowest BCUT2D eigenvalue weighted by Crippen LogP contribution is -2.14. The van der Waals surface area contributed by atoms with E-state index in [-0.39, 0.29) is 23.9 Å². The molecule has 29 heavy (non-hydrogen) atoms. The van der Waals surface area contributed by atoms with Crippen LogP contribution in [0, 0.1) is 12.7 Å². The van der Waals surface area contributed by atoms with E-state index >= 15 is 0 Å². The number of halogens is 1. The van der Waals surface area contributed by atoms with Crippen molar-refractivity contribution < 1.29 is 23.5 Å². The summed E-state index contributed by atoms with van der Waals surface area (Å²) in [5, 5.41) is 3.20. The largest absolute Gasteiger partial charge is 0.497 e. The fraction of sp³-hybridized carbons (Fsp3) is 0.182. The van der Waals surface area contributed by atoms with Crippen LogP contribution >= 0.6 is 11.3 Å². The standard InChI is InChI=1S/C22H20FNO4S/c1-4-28-22(26)19-18(14-5-9-16(23)10-6-14)13(2)29-21(19)24-20(25)15-7-11-17(27-3)12-8-15/h5-12H,4H2,1-3H3,(H,24,25). The molecular weight excluding hydrogens is 393 g/mol. The van der Waals surface area contributed by atoms with Crippen LogP contribution in [0.25, 0.3) is 11.1 Å². The third-order valence-electron chi connectivity index (χ3n) is 4.28. The molecule has 0 fully saturated rings. The van der Waals surface area contributed by atoms with Crippen molar-refractivity contribution in [2.24, 2.45) is 0 Å². The summed E-state index contributed by atoms with van der Waals surface area (Å²) >= 11 is 1.27. The van der Waals surface area contributed by atoms with E-state index in [1.807, 2.05) is 6.92 Å². The quantitative estimate of drug-likeness (QED) is 0.557. The average molecular weight is 413 g/mol. The van der Waals surface area contributed by atoms with Crippen LogP contribution in [0.5, 0.6) is 5.75 Å². The number of thiophene rings is 1. The highest BCUT2D eigenvalue weighted by atomic mass is 32.1. The van der Waals surface area contributed by atoms with Gasteiger partial charge in [0.2, 0.25) is 0 Å². The number of hydrogen-bond donors (Lipinski definition) is 1. The average Bonchev–Trinajstić information content (AvgIpc) is 3.04. The Balaban J connectivity index is 2.01. The zero-order valence-electron chi connectivity index (χ0n) is 16.2. The first-order valence-electron chi connectivity index (χ1n) is 8.96. The summed E-state index contributed by atoms with van der Waals surface area (Å²) < 4.78 is 23.7.